The Labute approximate surface area is 251 Å². The van der Waals surface area contributed by atoms with Gasteiger partial charge in [-0.25, -0.2) is 40.3 Å². The van der Waals surface area contributed by atoms with Crippen molar-refractivity contribution in [1.29, 1.82) is 0 Å². The van der Waals surface area contributed by atoms with Crippen LogP contribution in [-0.2, 0) is 23.6 Å². The second kappa shape index (κ2) is 12.3. The van der Waals surface area contributed by atoms with Gasteiger partial charge in [-0.2, -0.15) is 5.10 Å². The minimum Gasteiger partial charge on any atom is -0.497 e. The van der Waals surface area contributed by atoms with Crippen LogP contribution in [-0.4, -0.2) is 54.4 Å². The molecule has 234 valence electrons. The smallest absolute Gasteiger partial charge is 0.268 e. The highest BCUT2D eigenvalue weighted by Crippen LogP contribution is 2.46. The number of hydrogen-bond donors (Lipinski definition) is 0. The Morgan fingerprint density at radius 1 is 1.02 bits per heavy atom. The van der Waals surface area contributed by atoms with E-state index >= 15 is 17.6 Å². The molecule has 2 aromatic carbocycles. The lowest BCUT2D eigenvalue weighted by Gasteiger charge is -2.38. The zero-order chi connectivity index (χ0) is 31.6. The van der Waals surface area contributed by atoms with Crippen molar-refractivity contribution in [2.24, 2.45) is 7.05 Å². The molecule has 44 heavy (non-hydrogen) atoms. The zero-order valence-electron chi connectivity index (χ0n) is 24.0. The van der Waals surface area contributed by atoms with E-state index in [0.717, 1.165) is 10.6 Å². The van der Waals surface area contributed by atoms with Crippen molar-refractivity contribution in [3.05, 3.63) is 84.1 Å². The maximum Gasteiger partial charge on any atom is 0.268 e. The molecule has 10 nitrogen and oxygen atoms in total. The third kappa shape index (κ3) is 6.00. The minimum absolute atomic E-state index is 0.0886. The molecule has 15 heteroatoms. The van der Waals surface area contributed by atoms with Gasteiger partial charge in [0.25, 0.3) is 15.9 Å². The summed E-state index contributed by atoms with van der Waals surface area (Å²) in [6.45, 7) is -0.380. The maximum absolute atomic E-state index is 15.6. The number of alkyl halides is 2. The van der Waals surface area contributed by atoms with Gasteiger partial charge in [-0.3, -0.25) is 4.68 Å². The number of anilines is 1. The van der Waals surface area contributed by atoms with E-state index in [9.17, 15) is 8.42 Å². The fourth-order valence-corrected chi connectivity index (χ4v) is 6.75. The largest absolute Gasteiger partial charge is 0.497 e. The lowest BCUT2D eigenvalue weighted by Crippen LogP contribution is -2.43. The van der Waals surface area contributed by atoms with Crippen LogP contribution >= 0.6 is 0 Å². The predicted molar refractivity (Wildman–Crippen MR) is 150 cm³/mol. The van der Waals surface area contributed by atoms with E-state index in [1.54, 1.807) is 18.2 Å². The first kappa shape index (κ1) is 31.0. The SMILES string of the molecule is COc1ccc(CN(c2ccncn2)S(=O)(=O)c2cc(F)c(O[C@H]3CCCC(F)(F)[C@@H]3c3ccnn3C)cc2F)c(OC)c1. The molecule has 0 aliphatic heterocycles. The van der Waals surface area contributed by atoms with Crippen LogP contribution in [0.4, 0.5) is 23.4 Å². The number of methoxy groups -OCH3 is 2. The maximum atomic E-state index is 15.6. The first-order valence-corrected chi connectivity index (χ1v) is 14.9. The number of halogens is 4. The third-order valence-electron chi connectivity index (χ3n) is 7.47. The molecule has 2 aromatic heterocycles. The highest BCUT2D eigenvalue weighted by atomic mass is 32.2. The first-order chi connectivity index (χ1) is 21.0. The van der Waals surface area contributed by atoms with Crippen molar-refractivity contribution in [2.75, 3.05) is 18.5 Å². The van der Waals surface area contributed by atoms with Gasteiger partial charge in [0.05, 0.1) is 26.5 Å². The summed E-state index contributed by atoms with van der Waals surface area (Å²) in [5.74, 6) is -7.36. The van der Waals surface area contributed by atoms with Crippen molar-refractivity contribution in [3.8, 4) is 17.2 Å². The molecule has 0 radical (unpaired) electrons. The van der Waals surface area contributed by atoms with Gasteiger partial charge in [-0.05, 0) is 31.0 Å². The number of sulfonamides is 1. The van der Waals surface area contributed by atoms with Gasteiger partial charge in [-0.15, -0.1) is 0 Å². The molecule has 0 bridgehead atoms. The Kier molecular flexibility index (Phi) is 8.68. The summed E-state index contributed by atoms with van der Waals surface area (Å²) in [6.07, 6.45) is 2.35. The average molecular weight is 636 g/mol. The van der Waals surface area contributed by atoms with E-state index in [-0.39, 0.29) is 36.6 Å². The summed E-state index contributed by atoms with van der Waals surface area (Å²) in [6, 6.07) is 8.44. The summed E-state index contributed by atoms with van der Waals surface area (Å²) >= 11 is 0. The number of benzene rings is 2. The van der Waals surface area contributed by atoms with Gasteiger partial charge in [0.15, 0.2) is 11.6 Å². The van der Waals surface area contributed by atoms with Gasteiger partial charge in [0.1, 0.15) is 46.4 Å². The van der Waals surface area contributed by atoms with Crippen molar-refractivity contribution >= 4 is 15.8 Å². The van der Waals surface area contributed by atoms with Crippen molar-refractivity contribution in [3.63, 3.8) is 0 Å². The van der Waals surface area contributed by atoms with Gasteiger partial charge in [0, 0.05) is 55.7 Å². The lowest BCUT2D eigenvalue weighted by atomic mass is 9.80. The van der Waals surface area contributed by atoms with E-state index in [4.69, 9.17) is 14.2 Å². The van der Waals surface area contributed by atoms with Crippen LogP contribution in [0.2, 0.25) is 0 Å². The highest BCUT2D eigenvalue weighted by Gasteiger charge is 2.50. The third-order valence-corrected chi connectivity index (χ3v) is 9.23. The molecular formula is C29H29F4N5O5S. The van der Waals surface area contributed by atoms with Crippen molar-refractivity contribution in [1.82, 2.24) is 19.7 Å². The lowest BCUT2D eigenvalue weighted by molar-refractivity contribution is -0.0957. The molecule has 5 rings (SSSR count). The van der Waals surface area contributed by atoms with E-state index in [0.29, 0.717) is 23.4 Å². The molecule has 4 aromatic rings. The minimum atomic E-state index is -4.81. The molecule has 2 atom stereocenters. The molecule has 0 N–H and O–H groups in total. The second-order valence-electron chi connectivity index (χ2n) is 10.1. The van der Waals surface area contributed by atoms with Gasteiger partial charge >= 0.3 is 0 Å². The van der Waals surface area contributed by atoms with E-state index < -0.39 is 56.7 Å². The average Bonchev–Trinajstić information content (AvgIpc) is 3.42. The van der Waals surface area contributed by atoms with E-state index in [1.165, 1.54) is 50.5 Å². The fourth-order valence-electron chi connectivity index (χ4n) is 5.29. The molecule has 0 spiro atoms. The van der Waals surface area contributed by atoms with Gasteiger partial charge in [-0.1, -0.05) is 0 Å². The van der Waals surface area contributed by atoms with Crippen LogP contribution in [0.5, 0.6) is 17.2 Å². The highest BCUT2D eigenvalue weighted by molar-refractivity contribution is 7.92. The topological polar surface area (TPSA) is 109 Å². The van der Waals surface area contributed by atoms with Gasteiger partial charge in [0.2, 0.25) is 0 Å². The predicted octanol–water partition coefficient (Wildman–Crippen LogP) is 5.25. The monoisotopic (exact) mass is 635 g/mol. The molecule has 1 fully saturated rings. The Balaban J connectivity index is 1.51. The Hall–Kier alpha value is -4.40. The van der Waals surface area contributed by atoms with Crippen LogP contribution in [0.3, 0.4) is 0 Å². The van der Waals surface area contributed by atoms with Crippen molar-refractivity contribution < 1.29 is 40.2 Å². The molecule has 0 unspecified atom stereocenters. The number of aromatic nitrogens is 4. The van der Waals surface area contributed by atoms with Crippen LogP contribution < -0.4 is 18.5 Å². The Morgan fingerprint density at radius 2 is 1.82 bits per heavy atom. The molecule has 1 saturated carbocycles. The molecule has 1 aliphatic carbocycles. The number of hydrogen-bond acceptors (Lipinski definition) is 8. The zero-order valence-corrected chi connectivity index (χ0v) is 24.8. The quantitative estimate of drug-likeness (QED) is 0.218. The molecule has 1 aliphatic rings. The number of aryl methyl sites for hydroxylation is 1. The van der Waals surface area contributed by atoms with E-state index in [1.807, 2.05) is 0 Å². The van der Waals surface area contributed by atoms with Crippen LogP contribution in [0.25, 0.3) is 0 Å². The standard InChI is InChI=1S/C29H29F4N5O5S/c1-37-22(8-12-36-37)28-23(5-4-10-29(28,32)33)43-25-14-21(31)26(15-20(25)30)44(39,40)38(27-9-11-34-17-35-27)16-18-6-7-19(41-2)13-24(18)42-3/h6-9,11-15,17,23,28H,4-5,10,16H2,1-3H3/t23-,28+/m0/s1. The summed E-state index contributed by atoms with van der Waals surface area (Å²) in [5.41, 5.74) is 0.546. The molecule has 2 heterocycles. The number of ether oxygens (including phenoxy) is 3. The molecular weight excluding hydrogens is 606 g/mol. The van der Waals surface area contributed by atoms with Crippen LogP contribution in [0.15, 0.2) is 66.1 Å². The van der Waals surface area contributed by atoms with Crippen LogP contribution in [0, 0.1) is 11.6 Å². The molecule has 0 saturated heterocycles. The summed E-state index contributed by atoms with van der Waals surface area (Å²) in [4.78, 5) is 6.80. The summed E-state index contributed by atoms with van der Waals surface area (Å²) in [7, 11) is -0.471. The second-order valence-corrected chi connectivity index (χ2v) is 12.0. The van der Waals surface area contributed by atoms with Crippen LogP contribution in [0.1, 0.15) is 36.4 Å². The normalized spacial score (nSPS) is 18.1. The summed E-state index contributed by atoms with van der Waals surface area (Å²) in [5, 5.41) is 3.96. The first-order valence-electron chi connectivity index (χ1n) is 13.5. The Morgan fingerprint density at radius 3 is 2.48 bits per heavy atom. The Bertz CT molecular complexity index is 1740. The van der Waals surface area contributed by atoms with Gasteiger partial charge < -0.3 is 14.2 Å². The van der Waals surface area contributed by atoms with Crippen molar-refractivity contribution in [2.45, 2.75) is 48.6 Å². The van der Waals surface area contributed by atoms with E-state index in [2.05, 4.69) is 15.1 Å². The molecule has 0 amide bonds. The number of nitrogens with zero attached hydrogens (tertiary/aromatic N) is 5. The number of rotatable bonds is 10. The summed E-state index contributed by atoms with van der Waals surface area (Å²) < 4.78 is 107. The fraction of sp³-hybridized carbons (Fsp3) is 0.345.